The predicted molar refractivity (Wildman–Crippen MR) is 98.5 cm³/mol. The zero-order chi connectivity index (χ0) is 20.3. The van der Waals surface area contributed by atoms with E-state index in [4.69, 9.17) is 4.74 Å². The number of nitrogens with zero attached hydrogens (tertiary/aromatic N) is 2. The van der Waals surface area contributed by atoms with Crippen molar-refractivity contribution in [3.63, 3.8) is 0 Å². The van der Waals surface area contributed by atoms with Crippen LogP contribution in [0.2, 0.25) is 0 Å². The third kappa shape index (κ3) is 4.51. The van der Waals surface area contributed by atoms with Crippen LogP contribution in [-0.4, -0.2) is 22.8 Å². The summed E-state index contributed by atoms with van der Waals surface area (Å²) in [4.78, 5) is 12.3. The molecule has 146 valence electrons. The van der Waals surface area contributed by atoms with Crippen molar-refractivity contribution < 1.29 is 22.7 Å². The summed E-state index contributed by atoms with van der Waals surface area (Å²) in [5, 5.41) is 6.96. The number of carbonyl (C=O) groups is 1. The second kappa shape index (κ2) is 7.75. The van der Waals surface area contributed by atoms with Gasteiger partial charge >= 0.3 is 6.18 Å². The zero-order valence-corrected chi connectivity index (χ0v) is 15.2. The number of amides is 1. The number of rotatable bonds is 5. The molecule has 1 N–H and O–H groups in total. The minimum atomic E-state index is -4.40. The Hall–Kier alpha value is -3.29. The molecule has 3 rings (SSSR count). The van der Waals surface area contributed by atoms with Crippen molar-refractivity contribution in [1.29, 1.82) is 0 Å². The van der Waals surface area contributed by atoms with Crippen molar-refractivity contribution in [1.82, 2.24) is 9.78 Å². The molecule has 0 fully saturated rings. The van der Waals surface area contributed by atoms with E-state index in [0.29, 0.717) is 28.4 Å². The number of hydrogen-bond acceptors (Lipinski definition) is 3. The van der Waals surface area contributed by atoms with Crippen LogP contribution >= 0.6 is 0 Å². The lowest BCUT2D eigenvalue weighted by molar-refractivity contribution is -0.137. The summed E-state index contributed by atoms with van der Waals surface area (Å²) in [5.41, 5.74) is 0.908. The first-order valence-electron chi connectivity index (χ1n) is 8.42. The molecular weight excluding hydrogens is 371 g/mol. The highest BCUT2D eigenvalue weighted by Crippen LogP contribution is 2.29. The lowest BCUT2D eigenvalue weighted by Gasteiger charge is -2.09. The maximum Gasteiger partial charge on any atom is 0.416 e. The van der Waals surface area contributed by atoms with E-state index in [0.717, 1.165) is 12.1 Å². The molecule has 1 heterocycles. The fourth-order valence-electron chi connectivity index (χ4n) is 2.68. The van der Waals surface area contributed by atoms with Crippen molar-refractivity contribution in [2.45, 2.75) is 19.6 Å². The number of aromatic nitrogens is 2. The number of benzene rings is 2. The van der Waals surface area contributed by atoms with Crippen LogP contribution in [0.4, 0.5) is 19.0 Å². The lowest BCUT2D eigenvalue weighted by Crippen LogP contribution is -2.13. The summed E-state index contributed by atoms with van der Waals surface area (Å²) in [6, 6.07) is 13.3. The van der Waals surface area contributed by atoms with Crippen molar-refractivity contribution >= 4 is 11.7 Å². The number of methoxy groups -OCH3 is 1. The van der Waals surface area contributed by atoms with E-state index >= 15 is 0 Å². The molecule has 0 saturated carbocycles. The highest BCUT2D eigenvalue weighted by Gasteiger charge is 2.30. The Morgan fingerprint density at radius 3 is 2.50 bits per heavy atom. The topological polar surface area (TPSA) is 56.1 Å². The average molecular weight is 389 g/mol. The molecule has 0 spiro atoms. The largest absolute Gasteiger partial charge is 0.497 e. The number of halogens is 3. The van der Waals surface area contributed by atoms with E-state index in [9.17, 15) is 18.0 Å². The van der Waals surface area contributed by atoms with Crippen molar-refractivity contribution in [2.75, 3.05) is 12.4 Å². The van der Waals surface area contributed by atoms with Gasteiger partial charge in [-0.05, 0) is 48.9 Å². The van der Waals surface area contributed by atoms with Gasteiger partial charge in [-0.2, -0.15) is 18.3 Å². The molecule has 3 aromatic rings. The first-order chi connectivity index (χ1) is 13.3. The molecule has 0 atom stereocenters. The van der Waals surface area contributed by atoms with Crippen LogP contribution in [-0.2, 0) is 12.7 Å². The number of ether oxygens (including phenoxy) is 1. The van der Waals surface area contributed by atoms with E-state index in [2.05, 4.69) is 10.4 Å². The van der Waals surface area contributed by atoms with Crippen molar-refractivity contribution in [3.05, 3.63) is 77.0 Å². The number of alkyl halides is 3. The zero-order valence-electron chi connectivity index (χ0n) is 15.2. The number of carbonyl (C=O) groups excluding carboxylic acids is 1. The molecule has 0 bridgehead atoms. The van der Waals surface area contributed by atoms with Gasteiger partial charge in [-0.3, -0.25) is 9.48 Å². The highest BCUT2D eigenvalue weighted by molar-refractivity contribution is 6.03. The third-order valence-corrected chi connectivity index (χ3v) is 4.16. The molecule has 1 amide bonds. The highest BCUT2D eigenvalue weighted by atomic mass is 19.4. The van der Waals surface area contributed by atoms with Crippen molar-refractivity contribution in [3.8, 4) is 5.75 Å². The molecular formula is C20H18F3N3O2. The summed E-state index contributed by atoms with van der Waals surface area (Å²) in [6.45, 7) is 1.93. The molecule has 2 aromatic carbocycles. The summed E-state index contributed by atoms with van der Waals surface area (Å²) in [5.74, 6) is 0.620. The average Bonchev–Trinajstić information content (AvgIpc) is 3.00. The van der Waals surface area contributed by atoms with Crippen LogP contribution in [0.15, 0.2) is 54.6 Å². The van der Waals surface area contributed by atoms with Gasteiger partial charge < -0.3 is 10.1 Å². The fraction of sp³-hybridized carbons (Fsp3) is 0.200. The minimum absolute atomic E-state index is 0.161. The van der Waals surface area contributed by atoms with Gasteiger partial charge in [0, 0.05) is 17.3 Å². The van der Waals surface area contributed by atoms with E-state index in [1.165, 1.54) is 13.2 Å². The smallest absolute Gasteiger partial charge is 0.416 e. The van der Waals surface area contributed by atoms with Gasteiger partial charge in [-0.25, -0.2) is 0 Å². The van der Waals surface area contributed by atoms with Crippen LogP contribution in [0.1, 0.15) is 27.2 Å². The van der Waals surface area contributed by atoms with Gasteiger partial charge in [0.05, 0.1) is 19.2 Å². The van der Waals surface area contributed by atoms with E-state index in [1.807, 2.05) is 0 Å². The Morgan fingerprint density at radius 2 is 1.86 bits per heavy atom. The van der Waals surface area contributed by atoms with Gasteiger partial charge in [0.25, 0.3) is 5.91 Å². The van der Waals surface area contributed by atoms with E-state index in [-0.39, 0.29) is 12.5 Å². The van der Waals surface area contributed by atoms with Crippen LogP contribution in [0, 0.1) is 6.92 Å². The summed E-state index contributed by atoms with van der Waals surface area (Å²) < 4.78 is 45.2. The first-order valence-corrected chi connectivity index (χ1v) is 8.42. The standard InChI is InChI=1S/C20H18F3N3O2/c1-13-10-18(24-19(27)15-6-8-17(28-2)9-7-15)25-26(13)12-14-4-3-5-16(11-14)20(21,22)23/h3-11H,12H2,1-2H3,(H,24,25,27). The van der Waals surface area contributed by atoms with Gasteiger partial charge in [-0.1, -0.05) is 12.1 Å². The van der Waals surface area contributed by atoms with Gasteiger partial charge in [0.15, 0.2) is 5.82 Å². The van der Waals surface area contributed by atoms with Gasteiger partial charge in [0.1, 0.15) is 5.75 Å². The van der Waals surface area contributed by atoms with Gasteiger partial charge in [0.2, 0.25) is 0 Å². The Balaban J connectivity index is 1.73. The molecule has 8 heteroatoms. The molecule has 0 unspecified atom stereocenters. The summed E-state index contributed by atoms with van der Waals surface area (Å²) >= 11 is 0. The number of anilines is 1. The molecule has 1 aromatic heterocycles. The number of aryl methyl sites for hydroxylation is 1. The number of nitrogens with one attached hydrogen (secondary N) is 1. The third-order valence-electron chi connectivity index (χ3n) is 4.16. The molecule has 0 radical (unpaired) electrons. The Kier molecular flexibility index (Phi) is 5.39. The maximum atomic E-state index is 12.9. The molecule has 0 aliphatic carbocycles. The van der Waals surface area contributed by atoms with Crippen LogP contribution in [0.3, 0.4) is 0 Å². The summed E-state index contributed by atoms with van der Waals surface area (Å²) in [6.07, 6.45) is -4.40. The molecule has 0 aliphatic rings. The minimum Gasteiger partial charge on any atom is -0.497 e. The number of hydrogen-bond donors (Lipinski definition) is 1. The van der Waals surface area contributed by atoms with Gasteiger partial charge in [-0.15, -0.1) is 0 Å². The molecule has 0 saturated heterocycles. The predicted octanol–water partition coefficient (Wildman–Crippen LogP) is 4.52. The lowest BCUT2D eigenvalue weighted by atomic mass is 10.1. The second-order valence-electron chi connectivity index (χ2n) is 6.21. The SMILES string of the molecule is COc1ccc(C(=O)Nc2cc(C)n(Cc3cccc(C(F)(F)F)c3)n2)cc1. The molecule has 0 aliphatic heterocycles. The first kappa shape index (κ1) is 19.5. The van der Waals surface area contributed by atoms with Crippen LogP contribution < -0.4 is 10.1 Å². The Labute approximate surface area is 159 Å². The van der Waals surface area contributed by atoms with Crippen LogP contribution in [0.5, 0.6) is 5.75 Å². The second-order valence-corrected chi connectivity index (χ2v) is 6.21. The summed E-state index contributed by atoms with van der Waals surface area (Å²) in [7, 11) is 1.54. The van der Waals surface area contributed by atoms with E-state index < -0.39 is 11.7 Å². The maximum absolute atomic E-state index is 12.9. The monoisotopic (exact) mass is 389 g/mol. The normalized spacial score (nSPS) is 11.3. The quantitative estimate of drug-likeness (QED) is 0.698. The fourth-order valence-corrected chi connectivity index (χ4v) is 2.68. The molecule has 28 heavy (non-hydrogen) atoms. The molecule has 5 nitrogen and oxygen atoms in total. The van der Waals surface area contributed by atoms with Crippen molar-refractivity contribution in [2.24, 2.45) is 0 Å². The van der Waals surface area contributed by atoms with E-state index in [1.54, 1.807) is 48.0 Å². The Morgan fingerprint density at radius 1 is 1.14 bits per heavy atom. The van der Waals surface area contributed by atoms with Crippen LogP contribution in [0.25, 0.3) is 0 Å². The Bertz CT molecular complexity index is 979.